The number of hydrogen-bond acceptors (Lipinski definition) is 5. The van der Waals surface area contributed by atoms with Gasteiger partial charge in [0.1, 0.15) is 5.82 Å². The molecule has 0 saturated carbocycles. The molecule has 3 aromatic rings. The Morgan fingerprint density at radius 2 is 2.10 bits per heavy atom. The number of nitriles is 1. The summed E-state index contributed by atoms with van der Waals surface area (Å²) in [4.78, 5) is 12.2. The number of carbonyl (C=O) groups excluding carboxylic acids is 1. The van der Waals surface area contributed by atoms with Crippen molar-refractivity contribution in [1.29, 1.82) is 5.26 Å². The van der Waals surface area contributed by atoms with Crippen LogP contribution in [0.1, 0.15) is 36.6 Å². The van der Waals surface area contributed by atoms with Gasteiger partial charge in [-0.2, -0.15) is 23.5 Å². The van der Waals surface area contributed by atoms with E-state index in [1.54, 1.807) is 29.9 Å². The lowest BCUT2D eigenvalue weighted by Gasteiger charge is -2.08. The van der Waals surface area contributed by atoms with Gasteiger partial charge < -0.3 is 4.57 Å². The molecule has 0 aliphatic heterocycles. The highest BCUT2D eigenvalue weighted by Crippen LogP contribution is 2.26. The van der Waals surface area contributed by atoms with Gasteiger partial charge in [0.05, 0.1) is 22.8 Å². The summed E-state index contributed by atoms with van der Waals surface area (Å²) < 4.78 is 31.8. The molecule has 9 nitrogen and oxygen atoms in total. The standard InChI is InChI=1S/C21H24N6O3S/c1-4-5-11-23-31(29,30)25-20(28)9-7-18-15(2)24-26(3)21(18)27-12-10-17-13-16(14-22)6-8-19(17)27/h6-10,12-13,23H,4-5,11H2,1-3H3,(H,25,28)/b9-7+. The molecule has 0 saturated heterocycles. The van der Waals surface area contributed by atoms with Gasteiger partial charge in [-0.05, 0) is 43.7 Å². The predicted molar refractivity (Wildman–Crippen MR) is 119 cm³/mol. The largest absolute Gasteiger partial charge is 0.301 e. The molecule has 1 aromatic carbocycles. The van der Waals surface area contributed by atoms with Crippen LogP contribution in [0.15, 0.2) is 36.5 Å². The van der Waals surface area contributed by atoms with Crippen LogP contribution in [0, 0.1) is 18.3 Å². The minimum Gasteiger partial charge on any atom is -0.301 e. The Morgan fingerprint density at radius 3 is 2.81 bits per heavy atom. The molecule has 2 N–H and O–H groups in total. The third-order valence-corrected chi connectivity index (χ3v) is 5.80. The van der Waals surface area contributed by atoms with E-state index in [1.807, 2.05) is 41.5 Å². The van der Waals surface area contributed by atoms with Gasteiger partial charge in [-0.1, -0.05) is 13.3 Å². The highest BCUT2D eigenvalue weighted by molar-refractivity contribution is 7.88. The number of fused-ring (bicyclic) bond motifs is 1. The Bertz CT molecular complexity index is 1290. The molecule has 0 bridgehead atoms. The zero-order valence-electron chi connectivity index (χ0n) is 17.6. The van der Waals surface area contributed by atoms with E-state index in [4.69, 9.17) is 5.26 Å². The van der Waals surface area contributed by atoms with Crippen molar-refractivity contribution in [3.63, 3.8) is 0 Å². The first-order valence-corrected chi connectivity index (χ1v) is 11.3. The van der Waals surface area contributed by atoms with Crippen molar-refractivity contribution in [3.8, 4) is 11.9 Å². The second-order valence-corrected chi connectivity index (χ2v) is 8.57. The molecule has 10 heteroatoms. The van der Waals surface area contributed by atoms with E-state index in [0.717, 1.165) is 17.3 Å². The number of aryl methyl sites for hydroxylation is 2. The average molecular weight is 441 g/mol. The highest BCUT2D eigenvalue weighted by Gasteiger charge is 2.16. The summed E-state index contributed by atoms with van der Waals surface area (Å²) in [6.45, 7) is 4.02. The lowest BCUT2D eigenvalue weighted by molar-refractivity contribution is -0.114. The van der Waals surface area contributed by atoms with Gasteiger partial charge in [0.15, 0.2) is 0 Å². The Kier molecular flexibility index (Phi) is 6.58. The van der Waals surface area contributed by atoms with Crippen LogP contribution >= 0.6 is 0 Å². The van der Waals surface area contributed by atoms with Gasteiger partial charge in [-0.3, -0.25) is 9.48 Å². The molecule has 0 unspecified atom stereocenters. The Balaban J connectivity index is 1.89. The summed E-state index contributed by atoms with van der Waals surface area (Å²) in [5, 5.41) is 14.4. The molecule has 0 aliphatic rings. The van der Waals surface area contributed by atoms with Crippen LogP contribution in [-0.4, -0.2) is 35.2 Å². The number of aromatic nitrogens is 3. The summed E-state index contributed by atoms with van der Waals surface area (Å²) in [6, 6.07) is 9.41. The number of hydrogen-bond donors (Lipinski definition) is 2. The summed E-state index contributed by atoms with van der Waals surface area (Å²) >= 11 is 0. The second kappa shape index (κ2) is 9.16. The van der Waals surface area contributed by atoms with Gasteiger partial charge in [-0.15, -0.1) is 0 Å². The molecule has 0 atom stereocenters. The maximum atomic E-state index is 12.2. The lowest BCUT2D eigenvalue weighted by Crippen LogP contribution is -2.39. The average Bonchev–Trinajstić information content (AvgIpc) is 3.24. The van der Waals surface area contributed by atoms with Crippen molar-refractivity contribution in [2.24, 2.45) is 7.05 Å². The molecule has 3 rings (SSSR count). The minimum atomic E-state index is -3.90. The molecule has 1 amide bonds. The van der Waals surface area contributed by atoms with E-state index in [2.05, 4.69) is 15.9 Å². The summed E-state index contributed by atoms with van der Waals surface area (Å²) in [5.74, 6) is -0.0422. The molecule has 0 spiro atoms. The van der Waals surface area contributed by atoms with E-state index in [0.29, 0.717) is 29.1 Å². The smallest absolute Gasteiger partial charge is 0.301 e. The number of amides is 1. The molecule has 0 fully saturated rings. The van der Waals surface area contributed by atoms with Gasteiger partial charge >= 0.3 is 10.2 Å². The molecular weight excluding hydrogens is 416 g/mol. The van der Waals surface area contributed by atoms with Crippen LogP contribution in [0.3, 0.4) is 0 Å². The van der Waals surface area contributed by atoms with Gasteiger partial charge in [0, 0.05) is 36.8 Å². The number of benzene rings is 1. The Morgan fingerprint density at radius 1 is 1.32 bits per heavy atom. The first kappa shape index (κ1) is 22.3. The van der Waals surface area contributed by atoms with Gasteiger partial charge in [-0.25, -0.2) is 4.72 Å². The zero-order chi connectivity index (χ0) is 22.6. The number of carbonyl (C=O) groups is 1. The number of unbranched alkanes of at least 4 members (excludes halogenated alkanes) is 1. The first-order valence-electron chi connectivity index (χ1n) is 9.80. The normalized spacial score (nSPS) is 11.8. The van der Waals surface area contributed by atoms with Gasteiger partial charge in [0.2, 0.25) is 0 Å². The molecule has 2 heterocycles. The molecule has 31 heavy (non-hydrogen) atoms. The zero-order valence-corrected chi connectivity index (χ0v) is 18.4. The van der Waals surface area contributed by atoms with Crippen molar-refractivity contribution in [2.75, 3.05) is 6.54 Å². The predicted octanol–water partition coefficient (Wildman–Crippen LogP) is 2.31. The van der Waals surface area contributed by atoms with E-state index in [1.165, 1.54) is 6.08 Å². The number of nitrogens with one attached hydrogen (secondary N) is 2. The lowest BCUT2D eigenvalue weighted by atomic mass is 10.2. The fraction of sp³-hybridized carbons (Fsp3) is 0.286. The van der Waals surface area contributed by atoms with Crippen molar-refractivity contribution < 1.29 is 13.2 Å². The Labute approximate surface area is 181 Å². The van der Waals surface area contributed by atoms with Crippen LogP contribution in [0.25, 0.3) is 22.8 Å². The maximum absolute atomic E-state index is 12.2. The maximum Gasteiger partial charge on any atom is 0.301 e. The second-order valence-electron chi connectivity index (χ2n) is 7.07. The molecular formula is C21H24N6O3S. The van der Waals surface area contributed by atoms with Crippen molar-refractivity contribution in [2.45, 2.75) is 26.7 Å². The van der Waals surface area contributed by atoms with Crippen LogP contribution in [0.5, 0.6) is 0 Å². The SMILES string of the molecule is CCCCNS(=O)(=O)NC(=O)/C=C/c1c(C)nn(C)c1-n1ccc2cc(C#N)ccc21. The third-order valence-electron chi connectivity index (χ3n) is 4.74. The fourth-order valence-electron chi connectivity index (χ4n) is 3.28. The van der Waals surface area contributed by atoms with E-state index in [9.17, 15) is 13.2 Å². The Hall–Kier alpha value is -3.42. The van der Waals surface area contributed by atoms with Crippen LogP contribution < -0.4 is 9.44 Å². The topological polar surface area (TPSA) is 122 Å². The minimum absolute atomic E-state index is 0.267. The number of rotatable bonds is 8. The molecule has 2 aromatic heterocycles. The van der Waals surface area contributed by atoms with Gasteiger partial charge in [0.25, 0.3) is 5.91 Å². The van der Waals surface area contributed by atoms with E-state index in [-0.39, 0.29) is 6.54 Å². The third kappa shape index (κ3) is 5.02. The highest BCUT2D eigenvalue weighted by atomic mass is 32.2. The molecule has 0 radical (unpaired) electrons. The molecule has 0 aliphatic carbocycles. The van der Waals surface area contributed by atoms with E-state index >= 15 is 0 Å². The van der Waals surface area contributed by atoms with Crippen LogP contribution in [-0.2, 0) is 22.1 Å². The van der Waals surface area contributed by atoms with Crippen LogP contribution in [0.2, 0.25) is 0 Å². The first-order chi connectivity index (χ1) is 14.8. The van der Waals surface area contributed by atoms with Crippen LogP contribution in [0.4, 0.5) is 0 Å². The monoisotopic (exact) mass is 440 g/mol. The molecule has 162 valence electrons. The quantitative estimate of drug-likeness (QED) is 0.411. The summed E-state index contributed by atoms with van der Waals surface area (Å²) in [5.41, 5.74) is 2.80. The van der Waals surface area contributed by atoms with Crippen molar-refractivity contribution >= 4 is 33.1 Å². The van der Waals surface area contributed by atoms with Crippen molar-refractivity contribution in [1.82, 2.24) is 23.8 Å². The van der Waals surface area contributed by atoms with Crippen molar-refractivity contribution in [3.05, 3.63) is 53.4 Å². The summed E-state index contributed by atoms with van der Waals surface area (Å²) in [7, 11) is -2.12. The fourth-order valence-corrected chi connectivity index (χ4v) is 4.10. The van der Waals surface area contributed by atoms with E-state index < -0.39 is 16.1 Å². The summed E-state index contributed by atoms with van der Waals surface area (Å²) in [6.07, 6.45) is 6.10. The number of nitrogens with zero attached hydrogens (tertiary/aromatic N) is 4.